The number of rotatable bonds is 3. The lowest BCUT2D eigenvalue weighted by Crippen LogP contribution is -2.41. The molecule has 5 rings (SSSR count). The van der Waals surface area contributed by atoms with Gasteiger partial charge in [-0.3, -0.25) is 9.78 Å². The summed E-state index contributed by atoms with van der Waals surface area (Å²) < 4.78 is 20.2. The molecule has 7 nitrogen and oxygen atoms in total. The Labute approximate surface area is 171 Å². The Morgan fingerprint density at radius 2 is 2.17 bits per heavy atom. The summed E-state index contributed by atoms with van der Waals surface area (Å²) in [5, 5.41) is 0.363. The number of nitrogens with two attached hydrogens (primary N) is 1. The minimum Gasteiger partial charge on any atom is -0.458 e. The van der Waals surface area contributed by atoms with Crippen LogP contribution in [-0.2, 0) is 11.2 Å². The fourth-order valence-corrected chi connectivity index (χ4v) is 3.91. The number of carbonyl (C=O) groups excluding carboxylic acids is 1. The normalized spacial score (nSPS) is 16.6. The Bertz CT molecular complexity index is 1260. The average molecular weight is 403 g/mol. The lowest BCUT2D eigenvalue weighted by Gasteiger charge is -2.34. The van der Waals surface area contributed by atoms with E-state index in [4.69, 9.17) is 10.2 Å². The number of halogens is 1. The first-order chi connectivity index (χ1) is 14.7. The zero-order valence-electron chi connectivity index (χ0n) is 15.9. The Morgan fingerprint density at radius 3 is 2.93 bits per heavy atom. The van der Waals surface area contributed by atoms with Crippen LogP contribution in [0.5, 0.6) is 0 Å². The van der Waals surface area contributed by atoms with Crippen molar-refractivity contribution in [2.24, 2.45) is 5.73 Å². The van der Waals surface area contributed by atoms with Crippen LogP contribution in [0.4, 0.5) is 4.39 Å². The monoisotopic (exact) mass is 403 g/mol. The van der Waals surface area contributed by atoms with E-state index in [9.17, 15) is 9.18 Å². The van der Waals surface area contributed by atoms with Crippen LogP contribution in [-0.4, -0.2) is 32.3 Å². The average Bonchev–Trinajstić information content (AvgIpc) is 3.42. The van der Waals surface area contributed by atoms with E-state index >= 15 is 0 Å². The molecule has 0 unspecified atom stereocenters. The summed E-state index contributed by atoms with van der Waals surface area (Å²) in [6, 6.07) is 11.0. The summed E-state index contributed by atoms with van der Waals surface area (Å²) >= 11 is 0. The maximum absolute atomic E-state index is 14.3. The predicted octanol–water partition coefficient (Wildman–Crippen LogP) is 3.16. The van der Waals surface area contributed by atoms with E-state index in [-0.39, 0.29) is 17.3 Å². The number of aromatic amines is 1. The maximum Gasteiger partial charge on any atom is 0.258 e. The third-order valence-corrected chi connectivity index (χ3v) is 5.32. The highest BCUT2D eigenvalue weighted by molar-refractivity contribution is 6.19. The highest BCUT2D eigenvalue weighted by Gasteiger charge is 2.38. The van der Waals surface area contributed by atoms with Gasteiger partial charge in [0.25, 0.3) is 5.91 Å². The zero-order chi connectivity index (χ0) is 20.7. The van der Waals surface area contributed by atoms with Crippen molar-refractivity contribution in [2.45, 2.75) is 12.5 Å². The van der Waals surface area contributed by atoms with Crippen molar-refractivity contribution in [3.8, 4) is 0 Å². The van der Waals surface area contributed by atoms with Gasteiger partial charge in [0.15, 0.2) is 0 Å². The van der Waals surface area contributed by atoms with E-state index < -0.39 is 6.04 Å². The summed E-state index contributed by atoms with van der Waals surface area (Å²) in [5.74, 6) is -0.237. The molecule has 3 N–H and O–H groups in total. The summed E-state index contributed by atoms with van der Waals surface area (Å²) in [7, 11) is 0. The Balaban J connectivity index is 1.62. The standard InChI is InChI=1S/C22H18FN5O2/c23-15-4-3-6-18-13(15)10-19(30-18)21-20-17(26-12-27-20)7-9-28(21)22(29)14(11-24)16-5-1-2-8-25-16/h1-6,8,10-12,21H,7,9,24H2,(H,26,27)/b14-11+/t21-/m0/s1. The third-order valence-electron chi connectivity index (χ3n) is 5.32. The number of nitrogens with zero attached hydrogens (tertiary/aromatic N) is 3. The summed E-state index contributed by atoms with van der Waals surface area (Å²) in [6.07, 6.45) is 5.06. The first kappa shape index (κ1) is 18.1. The molecule has 1 aliphatic rings. The molecule has 150 valence electrons. The van der Waals surface area contributed by atoms with Gasteiger partial charge in [0.1, 0.15) is 23.2 Å². The van der Waals surface area contributed by atoms with Gasteiger partial charge in [0, 0.05) is 31.1 Å². The minimum absolute atomic E-state index is 0.280. The molecule has 0 aliphatic carbocycles. The second kappa shape index (κ2) is 7.14. The summed E-state index contributed by atoms with van der Waals surface area (Å²) in [4.78, 5) is 27.0. The van der Waals surface area contributed by atoms with Gasteiger partial charge in [-0.2, -0.15) is 0 Å². The third kappa shape index (κ3) is 2.85. The van der Waals surface area contributed by atoms with E-state index in [1.165, 1.54) is 12.3 Å². The number of H-pyrrole nitrogens is 1. The summed E-state index contributed by atoms with van der Waals surface area (Å²) in [6.45, 7) is 0.419. The van der Waals surface area contributed by atoms with Gasteiger partial charge >= 0.3 is 0 Å². The number of amides is 1. The molecule has 0 bridgehead atoms. The van der Waals surface area contributed by atoms with Gasteiger partial charge in [0.2, 0.25) is 0 Å². The van der Waals surface area contributed by atoms with Crippen LogP contribution in [0.3, 0.4) is 0 Å². The predicted molar refractivity (Wildman–Crippen MR) is 108 cm³/mol. The number of carbonyl (C=O) groups is 1. The number of aromatic nitrogens is 3. The van der Waals surface area contributed by atoms with Gasteiger partial charge in [-0.15, -0.1) is 0 Å². The topological polar surface area (TPSA) is 101 Å². The van der Waals surface area contributed by atoms with Crippen LogP contribution in [0, 0.1) is 5.82 Å². The number of hydrogen-bond acceptors (Lipinski definition) is 5. The molecule has 1 amide bonds. The maximum atomic E-state index is 14.3. The molecule has 8 heteroatoms. The molecule has 1 aromatic carbocycles. The molecule has 0 spiro atoms. The Kier molecular flexibility index (Phi) is 4.31. The molecule has 0 saturated heterocycles. The number of fused-ring (bicyclic) bond motifs is 2. The van der Waals surface area contributed by atoms with Gasteiger partial charge in [0.05, 0.1) is 28.7 Å². The van der Waals surface area contributed by atoms with Gasteiger partial charge < -0.3 is 20.0 Å². The van der Waals surface area contributed by atoms with E-state index in [1.54, 1.807) is 53.8 Å². The minimum atomic E-state index is -0.613. The lowest BCUT2D eigenvalue weighted by molar-refractivity contribution is -0.127. The fourth-order valence-electron chi connectivity index (χ4n) is 3.91. The largest absolute Gasteiger partial charge is 0.458 e. The number of imidazole rings is 1. The number of pyridine rings is 1. The fraction of sp³-hybridized carbons (Fsp3) is 0.136. The molecule has 1 aliphatic heterocycles. The Hall–Kier alpha value is -3.94. The smallest absolute Gasteiger partial charge is 0.258 e. The van der Waals surface area contributed by atoms with E-state index in [0.29, 0.717) is 41.1 Å². The van der Waals surface area contributed by atoms with E-state index in [1.807, 2.05) is 0 Å². The molecule has 3 aromatic heterocycles. The van der Waals surface area contributed by atoms with Crippen molar-refractivity contribution in [1.29, 1.82) is 0 Å². The molecule has 0 saturated carbocycles. The number of furan rings is 1. The van der Waals surface area contributed by atoms with Crippen LogP contribution >= 0.6 is 0 Å². The molecule has 4 aromatic rings. The van der Waals surface area contributed by atoms with Crippen LogP contribution in [0.2, 0.25) is 0 Å². The number of benzene rings is 1. The van der Waals surface area contributed by atoms with Crippen molar-refractivity contribution < 1.29 is 13.6 Å². The molecule has 30 heavy (non-hydrogen) atoms. The highest BCUT2D eigenvalue weighted by Crippen LogP contribution is 2.38. The number of nitrogens with one attached hydrogen (secondary N) is 1. The molecule has 1 atom stereocenters. The molecule has 0 fully saturated rings. The molecule has 0 radical (unpaired) electrons. The van der Waals surface area contributed by atoms with E-state index in [2.05, 4.69) is 15.0 Å². The van der Waals surface area contributed by atoms with Crippen LogP contribution in [0.1, 0.15) is 28.9 Å². The van der Waals surface area contributed by atoms with Crippen LogP contribution in [0.15, 0.2) is 65.6 Å². The quantitative estimate of drug-likeness (QED) is 0.512. The molecular weight excluding hydrogens is 385 g/mol. The Morgan fingerprint density at radius 1 is 1.27 bits per heavy atom. The van der Waals surface area contributed by atoms with E-state index in [0.717, 1.165) is 5.69 Å². The van der Waals surface area contributed by atoms with Gasteiger partial charge in [-0.05, 0) is 30.3 Å². The second-order valence-corrected chi connectivity index (χ2v) is 7.01. The van der Waals surface area contributed by atoms with Crippen molar-refractivity contribution in [1.82, 2.24) is 19.9 Å². The van der Waals surface area contributed by atoms with Crippen LogP contribution in [0.25, 0.3) is 16.5 Å². The zero-order valence-corrected chi connectivity index (χ0v) is 15.9. The van der Waals surface area contributed by atoms with Gasteiger partial charge in [-0.25, -0.2) is 9.37 Å². The van der Waals surface area contributed by atoms with Crippen LogP contribution < -0.4 is 5.73 Å². The lowest BCUT2D eigenvalue weighted by atomic mass is 9.98. The first-order valence-corrected chi connectivity index (χ1v) is 9.51. The SMILES string of the molecule is N/C=C(/C(=O)N1CCc2[nH]cnc2[C@@H]1c1cc2c(F)cccc2o1)c1ccccn1. The first-order valence-electron chi connectivity index (χ1n) is 9.51. The van der Waals surface area contributed by atoms with Crippen molar-refractivity contribution >= 4 is 22.4 Å². The van der Waals surface area contributed by atoms with Crippen molar-refractivity contribution in [3.05, 3.63) is 89.8 Å². The second-order valence-electron chi connectivity index (χ2n) is 7.01. The van der Waals surface area contributed by atoms with Crippen molar-refractivity contribution in [2.75, 3.05) is 6.54 Å². The highest BCUT2D eigenvalue weighted by atomic mass is 19.1. The number of hydrogen-bond donors (Lipinski definition) is 2. The van der Waals surface area contributed by atoms with Crippen molar-refractivity contribution in [3.63, 3.8) is 0 Å². The molecular formula is C22H18FN5O2. The van der Waals surface area contributed by atoms with Gasteiger partial charge in [-0.1, -0.05) is 12.1 Å². The molecule has 4 heterocycles. The summed E-state index contributed by atoms with van der Waals surface area (Å²) in [5.41, 5.74) is 8.57.